The van der Waals surface area contributed by atoms with Crippen molar-refractivity contribution < 1.29 is 105 Å². The van der Waals surface area contributed by atoms with Gasteiger partial charge in [0.1, 0.15) is 125 Å². The van der Waals surface area contributed by atoms with Crippen molar-refractivity contribution >= 4 is 5.78 Å². The molecule has 16 N–H and O–H groups in total. The first kappa shape index (κ1) is 56.9. The van der Waals surface area contributed by atoms with Gasteiger partial charge in [0.2, 0.25) is 0 Å². The monoisotopic (exact) mass is 1050 g/mol. The maximum atomic E-state index is 17.7. The molecule has 0 amide bonds. The topological polar surface area (TPSA) is 378 Å². The Balaban J connectivity index is 1.58. The zero-order chi connectivity index (χ0) is 54.3. The van der Waals surface area contributed by atoms with Gasteiger partial charge in [-0.3, -0.25) is 4.79 Å². The number of hydrogen-bond acceptors (Lipinski definition) is 21. The second kappa shape index (κ2) is 22.6. The highest BCUT2D eigenvalue weighted by atomic mass is 16.6. The number of hydrogen-bond donors (Lipinski definition) is 16. The first-order valence-electron chi connectivity index (χ1n) is 24.8. The zero-order valence-corrected chi connectivity index (χ0v) is 40.6. The molecule has 4 aliphatic rings. The largest absolute Gasteiger partial charge is 0.394 e. The number of carbonyl (C=O) groups excluding carboxylic acids is 1. The van der Waals surface area contributed by atoms with E-state index in [2.05, 4.69) is 0 Å². The average Bonchev–Trinajstić information content (AvgIpc) is 3.41. The summed E-state index contributed by atoms with van der Waals surface area (Å²) in [6.45, 7) is -4.85. The van der Waals surface area contributed by atoms with Crippen molar-refractivity contribution in [2.45, 2.75) is 146 Å². The van der Waals surface area contributed by atoms with Gasteiger partial charge in [0.25, 0.3) is 0 Å². The summed E-state index contributed by atoms with van der Waals surface area (Å²) in [4.78, 5) is 17.7. The van der Waals surface area contributed by atoms with Crippen molar-refractivity contribution in [3.05, 3.63) is 144 Å². The number of rotatable bonds is 17. The molecule has 4 fully saturated rings. The first-order valence-corrected chi connectivity index (χ1v) is 24.8. The van der Waals surface area contributed by atoms with Crippen LogP contribution in [0.4, 0.5) is 0 Å². The Morgan fingerprint density at radius 2 is 0.600 bits per heavy atom. The Bertz CT molecular complexity index is 2280. The van der Waals surface area contributed by atoms with E-state index in [0.717, 1.165) is 0 Å². The second-order valence-electron chi connectivity index (χ2n) is 20.6. The number of aliphatic hydroxyl groups excluding tert-OH is 12. The molecule has 0 unspecified atom stereocenters. The predicted octanol–water partition coefficient (Wildman–Crippen LogP) is -4.64. The van der Waals surface area contributed by atoms with Gasteiger partial charge in [-0.25, -0.2) is 0 Å². The molecule has 4 heterocycles. The molecule has 4 aromatic carbocycles. The minimum Gasteiger partial charge on any atom is -0.394 e. The van der Waals surface area contributed by atoms with Crippen LogP contribution in [0.25, 0.3) is 0 Å². The SMILES string of the molecule is O=C([C@@H]1O[C@H](CO)[C@@H](O)[C@H](O)[C@@]1(O)Cc1ccccc1)C([C@@H]1O[C@H](CO)[C@@H](O)[C@H](O)[C@@]1(O)Cc1ccccc1)([C@@H]1O[C@H](CO)[C@@H](O)[C@H](O)[C@@]1(O)Cc1ccccc1)[C@@H]1O[C@H](CO)[C@@H](O)[C@H](O)[C@@]1(O)Cc1ccccc1. The van der Waals surface area contributed by atoms with Crippen LogP contribution in [0, 0.1) is 5.41 Å². The van der Waals surface area contributed by atoms with Crippen LogP contribution in [0.1, 0.15) is 22.3 Å². The molecule has 0 bridgehead atoms. The third-order valence-corrected chi connectivity index (χ3v) is 15.9. The van der Waals surface area contributed by atoms with E-state index in [4.69, 9.17) is 18.9 Å². The molecular formula is C54H68O21. The molecule has 20 atom stereocenters. The Labute approximate surface area is 431 Å². The van der Waals surface area contributed by atoms with Gasteiger partial charge in [-0.05, 0) is 22.3 Å². The van der Waals surface area contributed by atoms with Gasteiger partial charge in [0.05, 0.1) is 26.4 Å². The molecule has 0 radical (unpaired) electrons. The van der Waals surface area contributed by atoms with Crippen LogP contribution in [0.15, 0.2) is 121 Å². The van der Waals surface area contributed by atoms with Crippen molar-refractivity contribution in [3.8, 4) is 0 Å². The van der Waals surface area contributed by atoms with Gasteiger partial charge in [-0.1, -0.05) is 121 Å². The molecule has 0 saturated carbocycles. The van der Waals surface area contributed by atoms with Crippen LogP contribution >= 0.6 is 0 Å². The smallest absolute Gasteiger partial charge is 0.179 e. The van der Waals surface area contributed by atoms with Crippen LogP contribution < -0.4 is 0 Å². The first-order chi connectivity index (χ1) is 35.7. The van der Waals surface area contributed by atoms with Crippen molar-refractivity contribution in [2.24, 2.45) is 5.41 Å². The third kappa shape index (κ3) is 9.91. The normalized spacial score (nSPS) is 40.5. The van der Waals surface area contributed by atoms with E-state index in [1.54, 1.807) is 24.3 Å². The summed E-state index contributed by atoms with van der Waals surface area (Å²) in [5.41, 5.74) is -16.1. The van der Waals surface area contributed by atoms with Crippen molar-refractivity contribution in [1.82, 2.24) is 0 Å². The summed E-state index contributed by atoms with van der Waals surface area (Å²) in [6.07, 6.45) is -42.1. The number of carbonyl (C=O) groups is 1. The fraction of sp³-hybridized carbons (Fsp3) is 0.537. The number of ketones is 1. The zero-order valence-electron chi connectivity index (χ0n) is 40.6. The molecule has 21 nitrogen and oxygen atoms in total. The Morgan fingerprint density at radius 3 is 0.853 bits per heavy atom. The summed E-state index contributed by atoms with van der Waals surface area (Å²) in [6, 6.07) is 30.3. The van der Waals surface area contributed by atoms with Gasteiger partial charge in [-0.15, -0.1) is 0 Å². The standard InChI is InChI=1S/C54H68O21/c55-25-33-37(59)41(63)50(68,21-29-13-5-1-6-14-29)46(72-33)45(67)54(47-51(69,22-30-15-7-2-8-16-30)42(64)38(60)34(26-56)73-47,48-52(70,23-31-17-9-3-10-18-31)43(65)39(61)35(27-57)74-48)49-53(71,24-32-19-11-4-12-20-32)44(66)40(62)36(28-58)75-49/h1-20,33-44,46-49,55-66,68-71H,21-28H2/t33-,34-,35-,36-,37-,38-,39-,40-,41+,42+,43+,44+,46+,47-,48-,49-,50+,51+,52+,53+/m1/s1. The molecule has 4 aromatic rings. The van der Waals surface area contributed by atoms with E-state index in [1.165, 1.54) is 97.1 Å². The second-order valence-corrected chi connectivity index (χ2v) is 20.6. The Morgan fingerprint density at radius 1 is 0.373 bits per heavy atom. The number of ether oxygens (including phenoxy) is 4. The van der Waals surface area contributed by atoms with Crippen LogP contribution in [-0.4, -0.2) is 234 Å². The van der Waals surface area contributed by atoms with Crippen molar-refractivity contribution in [2.75, 3.05) is 26.4 Å². The summed E-state index contributed by atoms with van der Waals surface area (Å²) < 4.78 is 26.1. The van der Waals surface area contributed by atoms with E-state index in [-0.39, 0.29) is 22.3 Å². The lowest BCUT2D eigenvalue weighted by atomic mass is 9.50. The maximum Gasteiger partial charge on any atom is 0.179 e. The average molecular weight is 1050 g/mol. The molecule has 410 valence electrons. The van der Waals surface area contributed by atoms with Gasteiger partial charge < -0.3 is 101 Å². The van der Waals surface area contributed by atoms with Crippen LogP contribution in [0.3, 0.4) is 0 Å². The number of Topliss-reactive ketones (excluding diaryl/α,β-unsaturated/α-hetero) is 1. The molecule has 8 rings (SSSR count). The summed E-state index contributed by atoms with van der Waals surface area (Å²) in [7, 11) is 0. The molecule has 75 heavy (non-hydrogen) atoms. The lowest BCUT2D eigenvalue weighted by molar-refractivity contribution is -0.385. The van der Waals surface area contributed by atoms with E-state index in [0.29, 0.717) is 0 Å². The fourth-order valence-corrected chi connectivity index (χ4v) is 12.1. The summed E-state index contributed by atoms with van der Waals surface area (Å²) >= 11 is 0. The van der Waals surface area contributed by atoms with E-state index in [9.17, 15) is 81.7 Å². The van der Waals surface area contributed by atoms with Crippen molar-refractivity contribution in [1.29, 1.82) is 0 Å². The Hall–Kier alpha value is -4.25. The highest BCUT2D eigenvalue weighted by Gasteiger charge is 2.80. The minimum atomic E-state index is -3.74. The Kier molecular flexibility index (Phi) is 17.2. The van der Waals surface area contributed by atoms with Gasteiger partial charge in [0, 0.05) is 25.7 Å². The number of aliphatic hydroxyl groups is 16. The molecule has 4 aliphatic heterocycles. The highest BCUT2D eigenvalue weighted by Crippen LogP contribution is 2.59. The van der Waals surface area contributed by atoms with E-state index < -0.39 is 183 Å². The van der Waals surface area contributed by atoms with Gasteiger partial charge in [-0.2, -0.15) is 0 Å². The third-order valence-electron chi connectivity index (χ3n) is 15.9. The van der Waals surface area contributed by atoms with Crippen LogP contribution in [-0.2, 0) is 49.4 Å². The van der Waals surface area contributed by atoms with E-state index >= 15 is 4.79 Å². The molecule has 4 saturated heterocycles. The molecule has 0 spiro atoms. The molecule has 21 heteroatoms. The summed E-state index contributed by atoms with van der Waals surface area (Å²) in [5.74, 6) is -1.80. The maximum absolute atomic E-state index is 17.7. The highest BCUT2D eigenvalue weighted by molar-refractivity contribution is 5.93. The number of benzene rings is 4. The van der Waals surface area contributed by atoms with Gasteiger partial charge >= 0.3 is 0 Å². The predicted molar refractivity (Wildman–Crippen MR) is 259 cm³/mol. The lowest BCUT2D eigenvalue weighted by Gasteiger charge is -2.66. The minimum absolute atomic E-state index is 0.137. The summed E-state index contributed by atoms with van der Waals surface area (Å²) in [5, 5.41) is 196. The van der Waals surface area contributed by atoms with Crippen LogP contribution in [0.2, 0.25) is 0 Å². The van der Waals surface area contributed by atoms with Gasteiger partial charge in [0.15, 0.2) is 5.78 Å². The molecular weight excluding hydrogens is 985 g/mol. The molecule has 0 aliphatic carbocycles. The van der Waals surface area contributed by atoms with Crippen LogP contribution in [0.5, 0.6) is 0 Å². The fourth-order valence-electron chi connectivity index (χ4n) is 12.1. The van der Waals surface area contributed by atoms with Crippen molar-refractivity contribution in [3.63, 3.8) is 0 Å². The quantitative estimate of drug-likeness (QED) is 0.0473. The lowest BCUT2D eigenvalue weighted by Crippen LogP contribution is -2.87. The van der Waals surface area contributed by atoms with E-state index in [1.807, 2.05) is 0 Å². The molecule has 0 aromatic heterocycles.